The molecule has 1 unspecified atom stereocenters. The molecule has 11 heteroatoms. The summed E-state index contributed by atoms with van der Waals surface area (Å²) in [6.07, 6.45) is -3.31. The fraction of sp³-hybridized carbons (Fsp3) is 0.318. The van der Waals surface area contributed by atoms with Crippen molar-refractivity contribution in [1.29, 1.82) is 0 Å². The molecule has 0 radical (unpaired) electrons. The van der Waals surface area contributed by atoms with Crippen LogP contribution in [0.2, 0.25) is 0 Å². The van der Waals surface area contributed by atoms with Crippen LogP contribution in [0.4, 0.5) is 23.7 Å². The number of hydrogen-bond donors (Lipinski definition) is 3. The number of nitrogens with one attached hydrogen (secondary N) is 3. The van der Waals surface area contributed by atoms with E-state index in [4.69, 9.17) is 4.74 Å². The van der Waals surface area contributed by atoms with Gasteiger partial charge in [0.2, 0.25) is 0 Å². The molecule has 2 aliphatic heterocycles. The highest BCUT2D eigenvalue weighted by atomic mass is 19.3. The molecule has 2 aromatic rings. The lowest BCUT2D eigenvalue weighted by atomic mass is 9.69. The number of carbonyl (C=O) groups excluding carboxylic acids is 3. The summed E-state index contributed by atoms with van der Waals surface area (Å²) < 4.78 is 44.5. The van der Waals surface area contributed by atoms with E-state index in [2.05, 4.69) is 5.32 Å². The van der Waals surface area contributed by atoms with E-state index in [0.29, 0.717) is 30.9 Å². The number of halogens is 3. The largest absolute Gasteiger partial charge is 0.376 e. The van der Waals surface area contributed by atoms with Crippen LogP contribution in [0.15, 0.2) is 48.5 Å². The molecule has 174 valence electrons. The molecule has 0 aromatic heterocycles. The molecule has 4 amide bonds. The molecule has 2 heterocycles. The number of hydrazine groups is 1. The Morgan fingerprint density at radius 3 is 2.42 bits per heavy atom. The van der Waals surface area contributed by atoms with Crippen molar-refractivity contribution in [2.75, 3.05) is 25.0 Å². The highest BCUT2D eigenvalue weighted by Crippen LogP contribution is 2.45. The third kappa shape index (κ3) is 4.77. The van der Waals surface area contributed by atoms with Crippen LogP contribution in [-0.2, 0) is 16.0 Å². The monoisotopic (exact) mass is 462 g/mol. The highest BCUT2D eigenvalue weighted by molar-refractivity contribution is 5.95. The van der Waals surface area contributed by atoms with Crippen molar-refractivity contribution in [3.8, 4) is 0 Å². The van der Waals surface area contributed by atoms with Crippen molar-refractivity contribution < 1.29 is 32.3 Å². The Labute approximate surface area is 187 Å². The second-order valence-electron chi connectivity index (χ2n) is 8.07. The summed E-state index contributed by atoms with van der Waals surface area (Å²) in [5.74, 6) is -3.25. The number of nitrogens with zero attached hydrogens (tertiary/aromatic N) is 1. The molecule has 1 atom stereocenters. The first-order valence-electron chi connectivity index (χ1n) is 10.2. The number of urea groups is 1. The van der Waals surface area contributed by atoms with Gasteiger partial charge in [0.05, 0.1) is 18.1 Å². The molecule has 0 bridgehead atoms. The lowest BCUT2D eigenvalue weighted by Crippen LogP contribution is -2.72. The van der Waals surface area contributed by atoms with Gasteiger partial charge in [-0.2, -0.15) is 8.78 Å². The molecule has 2 aliphatic rings. The molecule has 2 saturated heterocycles. The number of carbonyl (C=O) groups is 3. The predicted octanol–water partition coefficient (Wildman–Crippen LogP) is 2.33. The van der Waals surface area contributed by atoms with Gasteiger partial charge in [0.1, 0.15) is 5.82 Å². The van der Waals surface area contributed by atoms with E-state index < -0.39 is 24.1 Å². The minimum atomic E-state index is -3.29. The average Bonchev–Trinajstić information content (AvgIpc) is 2.75. The molecule has 2 aromatic carbocycles. The lowest BCUT2D eigenvalue weighted by molar-refractivity contribution is -0.234. The van der Waals surface area contributed by atoms with Gasteiger partial charge in [0.15, 0.2) is 0 Å². The Bertz CT molecular complexity index is 1060. The van der Waals surface area contributed by atoms with Gasteiger partial charge < -0.3 is 15.0 Å². The van der Waals surface area contributed by atoms with Crippen LogP contribution >= 0.6 is 0 Å². The first-order chi connectivity index (χ1) is 15.8. The molecular formula is C22H21F3N4O4. The predicted molar refractivity (Wildman–Crippen MR) is 111 cm³/mol. The van der Waals surface area contributed by atoms with Gasteiger partial charge in [0.25, 0.3) is 5.91 Å². The van der Waals surface area contributed by atoms with E-state index in [1.807, 2.05) is 18.2 Å². The van der Waals surface area contributed by atoms with Crippen LogP contribution in [0.5, 0.6) is 0 Å². The van der Waals surface area contributed by atoms with E-state index >= 15 is 0 Å². The molecule has 8 nitrogen and oxygen atoms in total. The summed E-state index contributed by atoms with van der Waals surface area (Å²) in [5.41, 5.74) is 3.99. The van der Waals surface area contributed by atoms with Crippen molar-refractivity contribution >= 4 is 23.5 Å². The minimum absolute atomic E-state index is 0.137. The maximum absolute atomic E-state index is 14.6. The Morgan fingerprint density at radius 1 is 1.09 bits per heavy atom. The Morgan fingerprint density at radius 2 is 1.82 bits per heavy atom. The van der Waals surface area contributed by atoms with Crippen LogP contribution in [0.25, 0.3) is 0 Å². The van der Waals surface area contributed by atoms with Crippen LogP contribution in [-0.4, -0.2) is 55.0 Å². The molecule has 2 fully saturated rings. The summed E-state index contributed by atoms with van der Waals surface area (Å²) in [4.78, 5) is 36.8. The van der Waals surface area contributed by atoms with Crippen molar-refractivity contribution in [1.82, 2.24) is 15.8 Å². The third-order valence-electron chi connectivity index (χ3n) is 5.80. The van der Waals surface area contributed by atoms with E-state index in [-0.39, 0.29) is 29.5 Å². The zero-order chi connectivity index (χ0) is 23.6. The van der Waals surface area contributed by atoms with Crippen molar-refractivity contribution in [3.05, 3.63) is 65.5 Å². The number of amides is 4. The smallest absolute Gasteiger partial charge is 0.321 e. The zero-order valence-corrected chi connectivity index (χ0v) is 17.3. The topological polar surface area (TPSA) is 99.8 Å². The van der Waals surface area contributed by atoms with E-state index in [1.54, 1.807) is 27.9 Å². The van der Waals surface area contributed by atoms with Gasteiger partial charge in [-0.15, -0.1) is 0 Å². The van der Waals surface area contributed by atoms with Crippen LogP contribution in [0.1, 0.15) is 15.9 Å². The number of para-hydroxylation sites is 1. The Hall–Kier alpha value is -3.60. The summed E-state index contributed by atoms with van der Waals surface area (Å²) in [6.45, 7) is 1.45. The van der Waals surface area contributed by atoms with Crippen molar-refractivity contribution in [2.24, 2.45) is 5.41 Å². The van der Waals surface area contributed by atoms with Crippen molar-refractivity contribution in [3.63, 3.8) is 0 Å². The van der Waals surface area contributed by atoms with Gasteiger partial charge in [0, 0.05) is 30.8 Å². The van der Waals surface area contributed by atoms with Gasteiger partial charge in [-0.05, 0) is 29.8 Å². The summed E-state index contributed by atoms with van der Waals surface area (Å²) in [7, 11) is 0. The summed E-state index contributed by atoms with van der Waals surface area (Å²) in [6, 6.07) is 12.6. The number of alkyl halides is 2. The number of ether oxygens (including phenoxy) is 1. The van der Waals surface area contributed by atoms with Crippen LogP contribution in [0.3, 0.4) is 0 Å². The molecule has 3 N–H and O–H groups in total. The van der Waals surface area contributed by atoms with Gasteiger partial charge in [-0.3, -0.25) is 20.4 Å². The number of hydrogen-bond acceptors (Lipinski definition) is 4. The summed E-state index contributed by atoms with van der Waals surface area (Å²) in [5, 5.41) is 2.82. The lowest BCUT2D eigenvalue weighted by Gasteiger charge is -2.59. The van der Waals surface area contributed by atoms with E-state index in [0.717, 1.165) is 6.07 Å². The van der Waals surface area contributed by atoms with E-state index in [1.165, 1.54) is 12.1 Å². The van der Waals surface area contributed by atoms with E-state index in [9.17, 15) is 27.6 Å². The summed E-state index contributed by atoms with van der Waals surface area (Å²) >= 11 is 0. The van der Waals surface area contributed by atoms with Gasteiger partial charge in [-0.1, -0.05) is 24.3 Å². The molecular weight excluding hydrogens is 441 g/mol. The SMILES string of the molecule is O=C(NNC(=O)C(F)F)c1ccc(CC2OCC23CN(C(=O)Nc2ccccc2)C3)c(F)c1. The fourth-order valence-corrected chi connectivity index (χ4v) is 3.89. The quantitative estimate of drug-likeness (QED) is 0.594. The maximum Gasteiger partial charge on any atom is 0.321 e. The molecule has 0 aliphatic carbocycles. The van der Waals surface area contributed by atoms with Crippen LogP contribution in [0, 0.1) is 11.2 Å². The Kier molecular flexibility index (Phi) is 6.23. The normalized spacial score (nSPS) is 18.3. The minimum Gasteiger partial charge on any atom is -0.376 e. The van der Waals surface area contributed by atoms with Gasteiger partial charge >= 0.3 is 18.4 Å². The highest BCUT2D eigenvalue weighted by Gasteiger charge is 2.57. The number of anilines is 1. The molecule has 4 rings (SSSR count). The third-order valence-corrected chi connectivity index (χ3v) is 5.80. The second kappa shape index (κ2) is 9.10. The average molecular weight is 462 g/mol. The molecule has 1 spiro atoms. The van der Waals surface area contributed by atoms with Crippen molar-refractivity contribution in [2.45, 2.75) is 19.0 Å². The maximum atomic E-state index is 14.6. The number of benzene rings is 2. The second-order valence-corrected chi connectivity index (χ2v) is 8.07. The first-order valence-corrected chi connectivity index (χ1v) is 10.2. The first kappa shape index (κ1) is 22.6. The fourth-order valence-electron chi connectivity index (χ4n) is 3.89. The van der Waals surface area contributed by atoms with Crippen LogP contribution < -0.4 is 16.2 Å². The zero-order valence-electron chi connectivity index (χ0n) is 17.3. The standard InChI is InChI=1S/C22H21F3N4O4/c23-16-8-14(19(30)27-28-20(31)18(24)25)7-6-13(16)9-17-22(12-33-17)10-29(11-22)21(32)26-15-4-2-1-3-5-15/h1-8,17-18H,9-12H2,(H,26,32)(H,27,30)(H,28,31). The molecule has 33 heavy (non-hydrogen) atoms. The van der Waals surface area contributed by atoms with Gasteiger partial charge in [-0.25, -0.2) is 9.18 Å². The Balaban J connectivity index is 1.30. The number of likely N-dealkylation sites (tertiary alicyclic amines) is 1. The molecule has 0 saturated carbocycles. The number of rotatable bonds is 5.